The molecule has 2 aromatic rings. The fraction of sp³-hybridized carbons (Fsp3) is 0.321. The molecular formula is C28H35FN6. The van der Waals surface area contributed by atoms with Gasteiger partial charge in [0.1, 0.15) is 12.5 Å². The summed E-state index contributed by atoms with van der Waals surface area (Å²) in [5.74, 6) is -0.157. The summed E-state index contributed by atoms with van der Waals surface area (Å²) < 4.78 is 16.4. The highest BCUT2D eigenvalue weighted by Gasteiger charge is 2.21. The molecule has 0 saturated carbocycles. The molecule has 1 N–H and O–H groups in total. The Morgan fingerprint density at radius 1 is 1.29 bits per heavy atom. The van der Waals surface area contributed by atoms with Crippen LogP contribution in [0.15, 0.2) is 82.9 Å². The highest BCUT2D eigenvalue weighted by Crippen LogP contribution is 2.32. The SMILES string of the molecule is C=N/C=C\C(=NCNc1cn(CC)nc1C)C1=CC(=C)N(C(CC)c2ccc(CC)c(F)c2)C=C1. The second-order valence-corrected chi connectivity index (χ2v) is 8.30. The maximum atomic E-state index is 14.5. The Kier molecular flexibility index (Phi) is 8.95. The monoisotopic (exact) mass is 474 g/mol. The molecule has 2 heterocycles. The Hall–Kier alpha value is -3.74. The van der Waals surface area contributed by atoms with Crippen molar-refractivity contribution < 1.29 is 4.39 Å². The molecule has 1 aromatic carbocycles. The summed E-state index contributed by atoms with van der Waals surface area (Å²) in [5.41, 5.74) is 6.04. The van der Waals surface area contributed by atoms with E-state index in [4.69, 9.17) is 4.99 Å². The van der Waals surface area contributed by atoms with Crippen LogP contribution in [0.25, 0.3) is 0 Å². The highest BCUT2D eigenvalue weighted by atomic mass is 19.1. The predicted octanol–water partition coefficient (Wildman–Crippen LogP) is 6.36. The van der Waals surface area contributed by atoms with Crippen LogP contribution in [0.3, 0.4) is 0 Å². The number of benzene rings is 1. The molecule has 6 nitrogen and oxygen atoms in total. The van der Waals surface area contributed by atoms with E-state index in [-0.39, 0.29) is 11.9 Å². The van der Waals surface area contributed by atoms with E-state index >= 15 is 0 Å². The number of aryl methyl sites for hydroxylation is 3. The Morgan fingerprint density at radius 2 is 2.09 bits per heavy atom. The average Bonchev–Trinajstić information content (AvgIpc) is 3.22. The van der Waals surface area contributed by atoms with Gasteiger partial charge in [0.25, 0.3) is 0 Å². The first-order valence-corrected chi connectivity index (χ1v) is 12.0. The molecule has 0 aliphatic carbocycles. The fourth-order valence-corrected chi connectivity index (χ4v) is 4.10. The van der Waals surface area contributed by atoms with Crippen molar-refractivity contribution in [3.63, 3.8) is 0 Å². The van der Waals surface area contributed by atoms with Gasteiger partial charge in [0.2, 0.25) is 0 Å². The summed E-state index contributed by atoms with van der Waals surface area (Å²) in [7, 11) is 0. The number of nitrogens with zero attached hydrogens (tertiary/aromatic N) is 5. The minimum atomic E-state index is -0.157. The summed E-state index contributed by atoms with van der Waals surface area (Å²) in [6, 6.07) is 5.52. The first-order chi connectivity index (χ1) is 16.9. The number of nitrogens with one attached hydrogen (secondary N) is 1. The van der Waals surface area contributed by atoms with Crippen LogP contribution in [0.5, 0.6) is 0 Å². The number of hydrogen-bond acceptors (Lipinski definition) is 5. The molecule has 1 aliphatic rings. The third-order valence-corrected chi connectivity index (χ3v) is 6.06. The van der Waals surface area contributed by atoms with E-state index in [1.54, 1.807) is 12.3 Å². The molecule has 0 spiro atoms. The van der Waals surface area contributed by atoms with Crippen molar-refractivity contribution in [1.82, 2.24) is 14.7 Å². The molecule has 35 heavy (non-hydrogen) atoms. The molecule has 1 unspecified atom stereocenters. The number of anilines is 1. The summed E-state index contributed by atoms with van der Waals surface area (Å²) in [5, 5.41) is 7.78. The van der Waals surface area contributed by atoms with Crippen LogP contribution in [0, 0.1) is 12.7 Å². The molecule has 3 rings (SSSR count). The van der Waals surface area contributed by atoms with Gasteiger partial charge in [-0.05, 0) is 68.8 Å². The number of aliphatic imine (C=N–C) groups is 2. The summed E-state index contributed by atoms with van der Waals surface area (Å²) in [6.07, 6.45) is 12.9. The van der Waals surface area contributed by atoms with E-state index in [1.165, 1.54) is 0 Å². The standard InChI is InChI=1S/C28H35FN6/c1-7-22-10-11-24(17-25(22)29)28(8-2)35-15-13-23(16-20(35)4)26(12-14-30-6)31-19-32-27-18-34(9-3)33-21(27)5/h10-18,28,32H,4,6-9,19H2,1-3,5H3/b14-12-,31-26?. The first kappa shape index (κ1) is 25.9. The fourth-order valence-electron chi connectivity index (χ4n) is 4.10. The average molecular weight is 475 g/mol. The quantitative estimate of drug-likeness (QED) is 0.386. The first-order valence-electron chi connectivity index (χ1n) is 12.0. The predicted molar refractivity (Wildman–Crippen MR) is 144 cm³/mol. The molecule has 1 aromatic heterocycles. The van der Waals surface area contributed by atoms with Crippen molar-refractivity contribution in [3.8, 4) is 0 Å². The van der Waals surface area contributed by atoms with E-state index in [1.807, 2.05) is 61.3 Å². The van der Waals surface area contributed by atoms with E-state index in [9.17, 15) is 4.39 Å². The second kappa shape index (κ2) is 12.1. The van der Waals surface area contributed by atoms with Gasteiger partial charge in [-0.1, -0.05) is 32.6 Å². The lowest BCUT2D eigenvalue weighted by molar-refractivity contribution is 0.343. The molecule has 1 aliphatic heterocycles. The molecular weight excluding hydrogens is 439 g/mol. The van der Waals surface area contributed by atoms with Gasteiger partial charge in [-0.2, -0.15) is 5.10 Å². The van der Waals surface area contributed by atoms with E-state index in [0.29, 0.717) is 13.1 Å². The van der Waals surface area contributed by atoms with Gasteiger partial charge in [-0.25, -0.2) is 4.39 Å². The van der Waals surface area contributed by atoms with Crippen LogP contribution in [0.2, 0.25) is 0 Å². The maximum Gasteiger partial charge on any atom is 0.126 e. The Bertz CT molecular complexity index is 1180. The lowest BCUT2D eigenvalue weighted by Gasteiger charge is -2.33. The molecule has 0 saturated heterocycles. The van der Waals surface area contributed by atoms with Crippen LogP contribution in [-0.2, 0) is 13.0 Å². The van der Waals surface area contributed by atoms with Crippen molar-refractivity contribution in [2.24, 2.45) is 9.98 Å². The van der Waals surface area contributed by atoms with Crippen LogP contribution in [0.1, 0.15) is 50.1 Å². The van der Waals surface area contributed by atoms with Gasteiger partial charge in [0, 0.05) is 36.4 Å². The maximum absolute atomic E-state index is 14.5. The number of allylic oxidation sites excluding steroid dienone is 4. The van der Waals surface area contributed by atoms with Crippen molar-refractivity contribution in [2.75, 3.05) is 12.0 Å². The Labute approximate surface area is 208 Å². The van der Waals surface area contributed by atoms with Gasteiger partial charge in [-0.3, -0.25) is 14.7 Å². The minimum Gasteiger partial charge on any atom is -0.363 e. The number of halogens is 1. The van der Waals surface area contributed by atoms with Crippen molar-refractivity contribution >= 4 is 18.1 Å². The number of rotatable bonds is 11. The van der Waals surface area contributed by atoms with Crippen molar-refractivity contribution in [3.05, 3.63) is 95.5 Å². The third-order valence-electron chi connectivity index (χ3n) is 6.06. The molecule has 0 amide bonds. The number of hydrogen-bond donors (Lipinski definition) is 1. The second-order valence-electron chi connectivity index (χ2n) is 8.30. The van der Waals surface area contributed by atoms with Gasteiger partial charge in [-0.15, -0.1) is 0 Å². The third kappa shape index (κ3) is 6.23. The Morgan fingerprint density at radius 3 is 2.69 bits per heavy atom. The Balaban J connectivity index is 1.79. The molecule has 0 radical (unpaired) electrons. The van der Waals surface area contributed by atoms with E-state index in [0.717, 1.165) is 52.5 Å². The molecule has 184 valence electrons. The summed E-state index contributed by atoms with van der Waals surface area (Å²) >= 11 is 0. The zero-order chi connectivity index (χ0) is 25.4. The lowest BCUT2D eigenvalue weighted by atomic mass is 9.97. The summed E-state index contributed by atoms with van der Waals surface area (Å²) in [4.78, 5) is 10.7. The zero-order valence-electron chi connectivity index (χ0n) is 21.1. The zero-order valence-corrected chi connectivity index (χ0v) is 21.1. The van der Waals surface area contributed by atoms with Crippen LogP contribution in [-0.4, -0.2) is 33.8 Å². The smallest absolute Gasteiger partial charge is 0.126 e. The van der Waals surface area contributed by atoms with Crippen LogP contribution >= 0.6 is 0 Å². The van der Waals surface area contributed by atoms with E-state index in [2.05, 4.69) is 47.5 Å². The van der Waals surface area contributed by atoms with Gasteiger partial charge >= 0.3 is 0 Å². The van der Waals surface area contributed by atoms with Crippen molar-refractivity contribution in [1.29, 1.82) is 0 Å². The van der Waals surface area contributed by atoms with Gasteiger partial charge in [0.15, 0.2) is 0 Å². The molecule has 0 bridgehead atoms. The summed E-state index contributed by atoms with van der Waals surface area (Å²) in [6.45, 7) is 17.1. The van der Waals surface area contributed by atoms with Gasteiger partial charge in [0.05, 0.1) is 23.1 Å². The largest absolute Gasteiger partial charge is 0.363 e. The van der Waals surface area contributed by atoms with Gasteiger partial charge < -0.3 is 10.2 Å². The normalized spacial score (nSPS) is 15.0. The van der Waals surface area contributed by atoms with E-state index < -0.39 is 0 Å². The highest BCUT2D eigenvalue weighted by molar-refractivity contribution is 6.10. The molecule has 0 fully saturated rings. The van der Waals surface area contributed by atoms with Crippen molar-refractivity contribution in [2.45, 2.75) is 53.1 Å². The molecule has 1 atom stereocenters. The minimum absolute atomic E-state index is 0.0116. The van der Waals surface area contributed by atoms with Crippen LogP contribution < -0.4 is 5.32 Å². The van der Waals surface area contributed by atoms with Crippen LogP contribution in [0.4, 0.5) is 10.1 Å². The topological polar surface area (TPSA) is 57.8 Å². The number of aromatic nitrogens is 2. The molecule has 7 heteroatoms. The lowest BCUT2D eigenvalue weighted by Crippen LogP contribution is -2.24.